The highest BCUT2D eigenvalue weighted by Gasteiger charge is 2.20. The molecule has 0 aliphatic carbocycles. The Morgan fingerprint density at radius 3 is 2.44 bits per heavy atom. The number of benzene rings is 3. The quantitative estimate of drug-likeness (QED) is 0.399. The Hall–Kier alpha value is -4.00. The SMILES string of the molecule is Cc1nn(-c2ccc(F)cc2)c(Oc2ccccc2)c1CCC(=O)Nc1cccc(F)c1. The van der Waals surface area contributed by atoms with Crippen LogP contribution in [0.2, 0.25) is 0 Å². The van der Waals surface area contributed by atoms with Gasteiger partial charge in [0.1, 0.15) is 17.4 Å². The van der Waals surface area contributed by atoms with Gasteiger partial charge in [0.2, 0.25) is 11.8 Å². The second kappa shape index (κ2) is 9.43. The van der Waals surface area contributed by atoms with Crippen molar-refractivity contribution in [2.45, 2.75) is 19.8 Å². The molecular formula is C25H21F2N3O2. The second-order valence-corrected chi connectivity index (χ2v) is 7.23. The van der Waals surface area contributed by atoms with E-state index in [4.69, 9.17) is 4.74 Å². The number of nitrogens with zero attached hydrogens (tertiary/aromatic N) is 2. The minimum atomic E-state index is -0.419. The third-order valence-corrected chi connectivity index (χ3v) is 4.88. The standard InChI is InChI=1S/C25H21F2N3O2/c1-17-23(14-15-24(31)28-20-7-5-6-19(27)16-20)25(32-22-8-3-2-4-9-22)30(29-17)21-12-10-18(26)11-13-21/h2-13,16H,14-15H2,1H3,(H,28,31). The van der Waals surface area contributed by atoms with Crippen LogP contribution in [-0.4, -0.2) is 15.7 Å². The van der Waals surface area contributed by atoms with Gasteiger partial charge in [0.25, 0.3) is 0 Å². The van der Waals surface area contributed by atoms with Crippen molar-refractivity contribution in [3.05, 3.63) is 102 Å². The number of carbonyl (C=O) groups excluding carboxylic acids is 1. The van der Waals surface area contributed by atoms with Crippen molar-refractivity contribution >= 4 is 11.6 Å². The number of amides is 1. The minimum absolute atomic E-state index is 0.150. The summed E-state index contributed by atoms with van der Waals surface area (Å²) in [4.78, 5) is 12.4. The Bertz CT molecular complexity index is 1220. The van der Waals surface area contributed by atoms with E-state index in [1.807, 2.05) is 37.3 Å². The van der Waals surface area contributed by atoms with E-state index in [2.05, 4.69) is 10.4 Å². The summed E-state index contributed by atoms with van der Waals surface area (Å²) in [5.41, 5.74) is 2.48. The molecule has 32 heavy (non-hydrogen) atoms. The Balaban J connectivity index is 1.60. The summed E-state index contributed by atoms with van der Waals surface area (Å²) < 4.78 is 34.5. The van der Waals surface area contributed by atoms with E-state index in [1.165, 1.54) is 30.3 Å². The molecule has 162 valence electrons. The van der Waals surface area contributed by atoms with Crippen molar-refractivity contribution in [2.75, 3.05) is 5.32 Å². The Morgan fingerprint density at radius 1 is 0.969 bits per heavy atom. The summed E-state index contributed by atoms with van der Waals surface area (Å²) >= 11 is 0. The maximum absolute atomic E-state index is 13.4. The predicted molar refractivity (Wildman–Crippen MR) is 118 cm³/mol. The minimum Gasteiger partial charge on any atom is -0.439 e. The zero-order valence-electron chi connectivity index (χ0n) is 17.4. The fourth-order valence-corrected chi connectivity index (χ4v) is 3.32. The van der Waals surface area contributed by atoms with Crippen LogP contribution in [0, 0.1) is 18.6 Å². The molecule has 0 unspecified atom stereocenters. The molecule has 1 aromatic heterocycles. The summed E-state index contributed by atoms with van der Waals surface area (Å²) in [6.45, 7) is 1.83. The molecular weight excluding hydrogens is 412 g/mol. The summed E-state index contributed by atoms with van der Waals surface area (Å²) in [5.74, 6) is 0.0467. The van der Waals surface area contributed by atoms with E-state index < -0.39 is 5.82 Å². The zero-order valence-corrected chi connectivity index (χ0v) is 17.4. The molecule has 0 atom stereocenters. The molecule has 4 aromatic rings. The van der Waals surface area contributed by atoms with E-state index in [9.17, 15) is 13.6 Å². The van der Waals surface area contributed by atoms with E-state index in [-0.39, 0.29) is 18.1 Å². The maximum atomic E-state index is 13.4. The van der Waals surface area contributed by atoms with Gasteiger partial charge in [-0.1, -0.05) is 24.3 Å². The van der Waals surface area contributed by atoms with Crippen molar-refractivity contribution in [3.63, 3.8) is 0 Å². The third-order valence-electron chi connectivity index (χ3n) is 4.88. The van der Waals surface area contributed by atoms with E-state index in [1.54, 1.807) is 22.9 Å². The lowest BCUT2D eigenvalue weighted by atomic mass is 10.1. The number of para-hydroxylation sites is 1. The van der Waals surface area contributed by atoms with Crippen LogP contribution in [0.5, 0.6) is 11.6 Å². The number of aromatic nitrogens is 2. The molecule has 5 nitrogen and oxygen atoms in total. The van der Waals surface area contributed by atoms with Crippen LogP contribution >= 0.6 is 0 Å². The van der Waals surface area contributed by atoms with Crippen LogP contribution in [-0.2, 0) is 11.2 Å². The van der Waals surface area contributed by atoms with Gasteiger partial charge in [-0.3, -0.25) is 4.79 Å². The van der Waals surface area contributed by atoms with Gasteiger partial charge >= 0.3 is 0 Å². The second-order valence-electron chi connectivity index (χ2n) is 7.23. The predicted octanol–water partition coefficient (Wildman–Crippen LogP) is 5.82. The van der Waals surface area contributed by atoms with Gasteiger partial charge in [-0.15, -0.1) is 0 Å². The third kappa shape index (κ3) is 5.00. The fraction of sp³-hybridized carbons (Fsp3) is 0.120. The summed E-state index contributed by atoms with van der Waals surface area (Å²) in [6, 6.07) is 20.9. The number of halogens is 2. The van der Waals surface area contributed by atoms with E-state index in [0.29, 0.717) is 35.1 Å². The Kier molecular flexibility index (Phi) is 6.26. The van der Waals surface area contributed by atoms with Gasteiger partial charge in [-0.25, -0.2) is 13.5 Å². The van der Waals surface area contributed by atoms with Crippen molar-refractivity contribution in [1.82, 2.24) is 9.78 Å². The lowest BCUT2D eigenvalue weighted by Crippen LogP contribution is -2.12. The molecule has 0 saturated carbocycles. The van der Waals surface area contributed by atoms with Gasteiger partial charge in [0.05, 0.1) is 11.4 Å². The van der Waals surface area contributed by atoms with E-state index in [0.717, 1.165) is 5.56 Å². The summed E-state index contributed by atoms with van der Waals surface area (Å²) in [6.07, 6.45) is 0.508. The molecule has 0 radical (unpaired) electrons. The average molecular weight is 433 g/mol. The number of ether oxygens (including phenoxy) is 1. The van der Waals surface area contributed by atoms with Crippen molar-refractivity contribution in [2.24, 2.45) is 0 Å². The number of hydrogen-bond donors (Lipinski definition) is 1. The van der Waals surface area contributed by atoms with Crippen LogP contribution in [0.3, 0.4) is 0 Å². The highest BCUT2D eigenvalue weighted by molar-refractivity contribution is 5.90. The van der Waals surface area contributed by atoms with Gasteiger partial charge in [-0.2, -0.15) is 5.10 Å². The molecule has 1 amide bonds. The largest absolute Gasteiger partial charge is 0.439 e. The molecule has 1 N–H and O–H groups in total. The highest BCUT2D eigenvalue weighted by atomic mass is 19.1. The van der Waals surface area contributed by atoms with Crippen LogP contribution in [0.15, 0.2) is 78.9 Å². The summed E-state index contributed by atoms with van der Waals surface area (Å²) in [7, 11) is 0. The Morgan fingerprint density at radius 2 is 1.72 bits per heavy atom. The van der Waals surface area contributed by atoms with Crippen LogP contribution < -0.4 is 10.1 Å². The molecule has 0 fully saturated rings. The highest BCUT2D eigenvalue weighted by Crippen LogP contribution is 2.31. The molecule has 7 heteroatoms. The van der Waals surface area contributed by atoms with Gasteiger partial charge in [-0.05, 0) is 67.9 Å². The summed E-state index contributed by atoms with van der Waals surface area (Å²) in [5, 5.41) is 7.27. The molecule has 0 bridgehead atoms. The lowest BCUT2D eigenvalue weighted by molar-refractivity contribution is -0.116. The van der Waals surface area contributed by atoms with Crippen molar-refractivity contribution in [1.29, 1.82) is 0 Å². The first-order valence-corrected chi connectivity index (χ1v) is 10.1. The van der Waals surface area contributed by atoms with Gasteiger partial charge < -0.3 is 10.1 Å². The normalized spacial score (nSPS) is 10.7. The first-order valence-electron chi connectivity index (χ1n) is 10.1. The van der Waals surface area contributed by atoms with Gasteiger partial charge in [0, 0.05) is 17.7 Å². The van der Waals surface area contributed by atoms with Gasteiger partial charge in [0.15, 0.2) is 0 Å². The monoisotopic (exact) mass is 433 g/mol. The first-order chi connectivity index (χ1) is 15.5. The van der Waals surface area contributed by atoms with Crippen LogP contribution in [0.25, 0.3) is 5.69 Å². The lowest BCUT2D eigenvalue weighted by Gasteiger charge is -2.12. The molecule has 0 aliphatic rings. The van der Waals surface area contributed by atoms with Crippen LogP contribution in [0.1, 0.15) is 17.7 Å². The number of rotatable bonds is 7. The maximum Gasteiger partial charge on any atom is 0.226 e. The molecule has 0 aliphatic heterocycles. The van der Waals surface area contributed by atoms with Crippen LogP contribution in [0.4, 0.5) is 14.5 Å². The number of nitrogens with one attached hydrogen (secondary N) is 1. The molecule has 3 aromatic carbocycles. The number of aryl methyl sites for hydroxylation is 1. The first kappa shape index (κ1) is 21.2. The topological polar surface area (TPSA) is 56.2 Å². The zero-order chi connectivity index (χ0) is 22.5. The smallest absolute Gasteiger partial charge is 0.226 e. The Labute approximate surface area is 184 Å². The number of hydrogen-bond acceptors (Lipinski definition) is 3. The fourth-order valence-electron chi connectivity index (χ4n) is 3.32. The number of carbonyl (C=O) groups is 1. The average Bonchev–Trinajstić information content (AvgIpc) is 3.08. The molecule has 0 saturated heterocycles. The van der Waals surface area contributed by atoms with Crippen molar-refractivity contribution in [3.8, 4) is 17.3 Å². The molecule has 4 rings (SSSR count). The molecule has 1 heterocycles. The van der Waals surface area contributed by atoms with E-state index >= 15 is 0 Å². The number of anilines is 1. The molecule has 0 spiro atoms. The van der Waals surface area contributed by atoms with Crippen molar-refractivity contribution < 1.29 is 18.3 Å².